The first-order valence-corrected chi connectivity index (χ1v) is 8.61. The Bertz CT molecular complexity index is 786. The summed E-state index contributed by atoms with van der Waals surface area (Å²) in [5.41, 5.74) is 1.85. The Hall–Kier alpha value is -3.28. The van der Waals surface area contributed by atoms with Gasteiger partial charge in [0.1, 0.15) is 6.61 Å². The van der Waals surface area contributed by atoms with Crippen molar-refractivity contribution in [2.45, 2.75) is 19.4 Å². The summed E-state index contributed by atoms with van der Waals surface area (Å²) in [6, 6.07) is 15.2. The fourth-order valence-corrected chi connectivity index (χ4v) is 2.32. The normalized spacial score (nSPS) is 10.6. The minimum Gasteiger partial charge on any atom is -0.493 e. The second-order valence-electron chi connectivity index (χ2n) is 5.81. The van der Waals surface area contributed by atoms with Crippen LogP contribution in [0.3, 0.4) is 0 Å². The summed E-state index contributed by atoms with van der Waals surface area (Å²) in [5, 5.41) is 11.2. The van der Waals surface area contributed by atoms with Gasteiger partial charge < -0.3 is 19.9 Å². The van der Waals surface area contributed by atoms with Crippen molar-refractivity contribution in [2.75, 3.05) is 13.7 Å². The molecule has 0 bridgehead atoms. The standard InChI is InChI=1S/C21H23NO5/c1-26-19-14-16(10-12-20(23)22-13-5-8-21(24)25)9-11-18(19)27-15-17-6-3-2-4-7-17/h2-4,6-7,9-12,14H,5,8,13,15H2,1H3,(H,22,23)(H,24,25)/b12-10+. The molecule has 6 nitrogen and oxygen atoms in total. The van der Waals surface area contributed by atoms with Gasteiger partial charge in [0.15, 0.2) is 11.5 Å². The molecule has 2 aromatic carbocycles. The van der Waals surface area contributed by atoms with Crippen molar-refractivity contribution in [2.24, 2.45) is 0 Å². The van der Waals surface area contributed by atoms with E-state index in [1.807, 2.05) is 36.4 Å². The van der Waals surface area contributed by atoms with Crippen LogP contribution in [-0.4, -0.2) is 30.6 Å². The molecular formula is C21H23NO5. The van der Waals surface area contributed by atoms with Crippen LogP contribution in [-0.2, 0) is 16.2 Å². The predicted molar refractivity (Wildman–Crippen MR) is 103 cm³/mol. The summed E-state index contributed by atoms with van der Waals surface area (Å²) < 4.78 is 11.2. The van der Waals surface area contributed by atoms with E-state index in [4.69, 9.17) is 14.6 Å². The highest BCUT2D eigenvalue weighted by Crippen LogP contribution is 2.29. The lowest BCUT2D eigenvalue weighted by atomic mass is 10.2. The van der Waals surface area contributed by atoms with Gasteiger partial charge in [-0.1, -0.05) is 36.4 Å². The number of nitrogens with one attached hydrogen (secondary N) is 1. The molecule has 0 saturated heterocycles. The lowest BCUT2D eigenvalue weighted by molar-refractivity contribution is -0.137. The van der Waals surface area contributed by atoms with Crippen LogP contribution < -0.4 is 14.8 Å². The number of carboxylic acids is 1. The Kier molecular flexibility index (Phi) is 7.91. The minimum atomic E-state index is -0.874. The molecule has 0 aliphatic heterocycles. The molecule has 0 saturated carbocycles. The number of hydrogen-bond acceptors (Lipinski definition) is 4. The van der Waals surface area contributed by atoms with E-state index in [0.29, 0.717) is 31.1 Å². The molecule has 6 heteroatoms. The average Bonchev–Trinajstić information content (AvgIpc) is 2.69. The monoisotopic (exact) mass is 369 g/mol. The summed E-state index contributed by atoms with van der Waals surface area (Å²) in [6.07, 6.45) is 3.50. The summed E-state index contributed by atoms with van der Waals surface area (Å²) in [6.45, 7) is 0.760. The van der Waals surface area contributed by atoms with Gasteiger partial charge in [0.2, 0.25) is 5.91 Å². The molecule has 0 aromatic heterocycles. The van der Waals surface area contributed by atoms with E-state index in [-0.39, 0.29) is 12.3 Å². The summed E-state index contributed by atoms with van der Waals surface area (Å²) in [4.78, 5) is 22.2. The lowest BCUT2D eigenvalue weighted by Gasteiger charge is -2.11. The molecule has 2 rings (SSSR count). The van der Waals surface area contributed by atoms with E-state index in [2.05, 4.69) is 5.32 Å². The first-order valence-electron chi connectivity index (χ1n) is 8.61. The molecule has 0 atom stereocenters. The number of ether oxygens (including phenoxy) is 2. The van der Waals surface area contributed by atoms with Crippen LogP contribution in [0.2, 0.25) is 0 Å². The molecule has 0 aliphatic carbocycles. The second kappa shape index (κ2) is 10.7. The molecular weight excluding hydrogens is 346 g/mol. The molecule has 27 heavy (non-hydrogen) atoms. The molecule has 2 N–H and O–H groups in total. The largest absolute Gasteiger partial charge is 0.493 e. The zero-order chi connectivity index (χ0) is 19.5. The van der Waals surface area contributed by atoms with E-state index in [0.717, 1.165) is 11.1 Å². The number of carbonyl (C=O) groups is 2. The van der Waals surface area contributed by atoms with Crippen molar-refractivity contribution in [3.63, 3.8) is 0 Å². The fourth-order valence-electron chi connectivity index (χ4n) is 2.32. The third-order valence-electron chi connectivity index (χ3n) is 3.72. The topological polar surface area (TPSA) is 84.9 Å². The van der Waals surface area contributed by atoms with Crippen molar-refractivity contribution >= 4 is 18.0 Å². The van der Waals surface area contributed by atoms with Crippen molar-refractivity contribution in [3.05, 3.63) is 65.7 Å². The maximum Gasteiger partial charge on any atom is 0.303 e. The summed E-state index contributed by atoms with van der Waals surface area (Å²) in [7, 11) is 1.56. The molecule has 0 fully saturated rings. The van der Waals surface area contributed by atoms with Gasteiger partial charge in [-0.25, -0.2) is 0 Å². The number of benzene rings is 2. The molecule has 0 aliphatic rings. The number of carbonyl (C=O) groups excluding carboxylic acids is 1. The minimum absolute atomic E-state index is 0.0334. The van der Waals surface area contributed by atoms with Crippen LogP contribution in [0, 0.1) is 0 Å². The van der Waals surface area contributed by atoms with E-state index in [9.17, 15) is 9.59 Å². The predicted octanol–water partition coefficient (Wildman–Crippen LogP) is 3.27. The molecule has 142 valence electrons. The van der Waals surface area contributed by atoms with Gasteiger partial charge in [0, 0.05) is 19.0 Å². The Morgan fingerprint density at radius 2 is 1.89 bits per heavy atom. The van der Waals surface area contributed by atoms with Crippen LogP contribution in [0.15, 0.2) is 54.6 Å². The number of carboxylic acid groups (broad SMARTS) is 1. The maximum atomic E-state index is 11.7. The van der Waals surface area contributed by atoms with Gasteiger partial charge in [0.25, 0.3) is 0 Å². The highest BCUT2D eigenvalue weighted by molar-refractivity contribution is 5.91. The molecule has 1 amide bonds. The molecule has 0 radical (unpaired) electrons. The number of rotatable bonds is 10. The molecule has 0 unspecified atom stereocenters. The number of aliphatic carboxylic acids is 1. The Balaban J connectivity index is 1.90. The Labute approximate surface area is 158 Å². The van der Waals surface area contributed by atoms with Gasteiger partial charge in [0.05, 0.1) is 7.11 Å². The van der Waals surface area contributed by atoms with Crippen molar-refractivity contribution < 1.29 is 24.2 Å². The summed E-state index contributed by atoms with van der Waals surface area (Å²) in [5.74, 6) is 0.0526. The van der Waals surface area contributed by atoms with E-state index in [1.54, 1.807) is 25.3 Å². The van der Waals surface area contributed by atoms with Crippen molar-refractivity contribution in [1.29, 1.82) is 0 Å². The van der Waals surface area contributed by atoms with Crippen molar-refractivity contribution in [3.8, 4) is 11.5 Å². The van der Waals surface area contributed by atoms with Gasteiger partial charge in [-0.3, -0.25) is 9.59 Å². The van der Waals surface area contributed by atoms with Crippen molar-refractivity contribution in [1.82, 2.24) is 5.32 Å². The van der Waals surface area contributed by atoms with Gasteiger partial charge in [-0.2, -0.15) is 0 Å². The quantitative estimate of drug-likeness (QED) is 0.496. The highest BCUT2D eigenvalue weighted by Gasteiger charge is 2.06. The first-order chi connectivity index (χ1) is 13.1. The Morgan fingerprint density at radius 3 is 2.59 bits per heavy atom. The fraction of sp³-hybridized carbons (Fsp3) is 0.238. The maximum absolute atomic E-state index is 11.7. The third kappa shape index (κ3) is 7.23. The zero-order valence-corrected chi connectivity index (χ0v) is 15.2. The van der Waals surface area contributed by atoms with E-state index in [1.165, 1.54) is 6.08 Å². The number of hydrogen-bond donors (Lipinski definition) is 2. The van der Waals surface area contributed by atoms with Crippen LogP contribution in [0.1, 0.15) is 24.0 Å². The lowest BCUT2D eigenvalue weighted by Crippen LogP contribution is -2.22. The number of methoxy groups -OCH3 is 1. The molecule has 0 spiro atoms. The van der Waals surface area contributed by atoms with Crippen LogP contribution >= 0.6 is 0 Å². The SMILES string of the molecule is COc1cc(/C=C/C(=O)NCCCC(=O)O)ccc1OCc1ccccc1. The first kappa shape index (κ1) is 20.0. The van der Waals surface area contributed by atoms with Gasteiger partial charge >= 0.3 is 5.97 Å². The highest BCUT2D eigenvalue weighted by atomic mass is 16.5. The second-order valence-corrected chi connectivity index (χ2v) is 5.81. The smallest absolute Gasteiger partial charge is 0.303 e. The molecule has 2 aromatic rings. The van der Waals surface area contributed by atoms with Crippen LogP contribution in [0.4, 0.5) is 0 Å². The van der Waals surface area contributed by atoms with Gasteiger partial charge in [-0.05, 0) is 35.8 Å². The molecule has 0 heterocycles. The number of amides is 1. The van der Waals surface area contributed by atoms with E-state index >= 15 is 0 Å². The summed E-state index contributed by atoms with van der Waals surface area (Å²) >= 11 is 0. The average molecular weight is 369 g/mol. The third-order valence-corrected chi connectivity index (χ3v) is 3.72. The van der Waals surface area contributed by atoms with Gasteiger partial charge in [-0.15, -0.1) is 0 Å². The van der Waals surface area contributed by atoms with Crippen LogP contribution in [0.25, 0.3) is 6.08 Å². The van der Waals surface area contributed by atoms with E-state index < -0.39 is 5.97 Å². The van der Waals surface area contributed by atoms with Crippen LogP contribution in [0.5, 0.6) is 11.5 Å². The zero-order valence-electron chi connectivity index (χ0n) is 15.2. The Morgan fingerprint density at radius 1 is 1.11 bits per heavy atom.